The molecule has 0 unspecified atom stereocenters. The van der Waals surface area contributed by atoms with Crippen LogP contribution in [-0.2, 0) is 27.8 Å². The fourth-order valence-corrected chi connectivity index (χ4v) is 4.67. The van der Waals surface area contributed by atoms with Gasteiger partial charge < -0.3 is 14.2 Å². The van der Waals surface area contributed by atoms with E-state index >= 15 is 0 Å². The summed E-state index contributed by atoms with van der Waals surface area (Å²) in [5, 5.41) is 2.60. The Balaban J connectivity index is 1.77. The zero-order valence-electron chi connectivity index (χ0n) is 18.9. The Labute approximate surface area is 201 Å². The molecule has 0 radical (unpaired) electrons. The number of rotatable bonds is 7. The largest absolute Gasteiger partial charge is 0.379 e. The summed E-state index contributed by atoms with van der Waals surface area (Å²) < 4.78 is 51.2. The number of hydrogen-bond donors (Lipinski definition) is 1. The fraction of sp³-hybridized carbons (Fsp3) is 0.292. The Morgan fingerprint density at radius 1 is 1.20 bits per heavy atom. The fourth-order valence-electron chi connectivity index (χ4n) is 3.71. The van der Waals surface area contributed by atoms with Crippen LogP contribution in [0.25, 0.3) is 0 Å². The molecule has 1 amide bonds. The molecule has 1 N–H and O–H groups in total. The van der Waals surface area contributed by atoms with Gasteiger partial charge in [0.15, 0.2) is 5.69 Å². The van der Waals surface area contributed by atoms with Gasteiger partial charge in [0.1, 0.15) is 16.5 Å². The maximum Gasteiger partial charge on any atom is 0.339 e. The molecule has 0 saturated carbocycles. The summed E-state index contributed by atoms with van der Waals surface area (Å²) in [6, 6.07) is 12.4. The van der Waals surface area contributed by atoms with Crippen LogP contribution in [0.3, 0.4) is 0 Å². The topological polar surface area (TPSA) is 117 Å². The van der Waals surface area contributed by atoms with E-state index in [0.29, 0.717) is 24.4 Å². The molecule has 2 aromatic carbocycles. The summed E-state index contributed by atoms with van der Waals surface area (Å²) in [7, 11) is -4.43. The number of carbonyl (C=O) groups is 1. The van der Waals surface area contributed by atoms with Gasteiger partial charge in [-0.1, -0.05) is 37.3 Å². The van der Waals surface area contributed by atoms with E-state index in [0.717, 1.165) is 0 Å². The lowest BCUT2D eigenvalue weighted by Gasteiger charge is -2.20. The number of nitrogens with one attached hydrogen (secondary N) is 1. The molecular weight excluding hydrogens is 477 g/mol. The molecule has 184 valence electrons. The van der Waals surface area contributed by atoms with Gasteiger partial charge in [-0.2, -0.15) is 8.42 Å². The Morgan fingerprint density at radius 2 is 1.91 bits per heavy atom. The molecule has 1 aliphatic rings. The van der Waals surface area contributed by atoms with Crippen molar-refractivity contribution in [3.05, 3.63) is 87.9 Å². The molecule has 0 spiro atoms. The Morgan fingerprint density at radius 3 is 2.60 bits per heavy atom. The molecule has 0 aliphatic carbocycles. The zero-order valence-corrected chi connectivity index (χ0v) is 19.8. The molecule has 1 aliphatic heterocycles. The molecule has 0 saturated heterocycles. The van der Waals surface area contributed by atoms with Gasteiger partial charge in [0.05, 0.1) is 19.3 Å². The number of ether oxygens (including phenoxy) is 1. The van der Waals surface area contributed by atoms with Gasteiger partial charge in [-0.05, 0) is 36.2 Å². The summed E-state index contributed by atoms with van der Waals surface area (Å²) >= 11 is 0. The molecule has 1 aromatic heterocycles. The SMILES string of the molecule is CC[C@H]1COCCc2nc(C(=O)NCc3ccc(F)cc3)c(OS(=O)(=O)c3ccccc3)c(=O)n21. The minimum atomic E-state index is -4.43. The highest BCUT2D eigenvalue weighted by Gasteiger charge is 2.31. The number of hydrogen-bond acceptors (Lipinski definition) is 7. The second-order valence-electron chi connectivity index (χ2n) is 7.93. The van der Waals surface area contributed by atoms with Crippen LogP contribution in [0, 0.1) is 5.82 Å². The van der Waals surface area contributed by atoms with Crippen molar-refractivity contribution in [1.82, 2.24) is 14.9 Å². The number of benzene rings is 2. The van der Waals surface area contributed by atoms with Crippen LogP contribution in [-0.4, -0.2) is 37.1 Å². The number of amides is 1. The number of carbonyl (C=O) groups excluding carboxylic acids is 1. The molecule has 2 heterocycles. The lowest BCUT2D eigenvalue weighted by Crippen LogP contribution is -2.35. The summed E-state index contributed by atoms with van der Waals surface area (Å²) in [4.78, 5) is 30.8. The van der Waals surface area contributed by atoms with Crippen LogP contribution in [0.15, 0.2) is 64.3 Å². The highest BCUT2D eigenvalue weighted by molar-refractivity contribution is 7.87. The van der Waals surface area contributed by atoms with Crippen LogP contribution in [0.5, 0.6) is 5.75 Å². The third-order valence-corrected chi connectivity index (χ3v) is 6.81. The van der Waals surface area contributed by atoms with Crippen LogP contribution >= 0.6 is 0 Å². The van der Waals surface area contributed by atoms with Gasteiger partial charge in [-0.15, -0.1) is 0 Å². The van der Waals surface area contributed by atoms with Gasteiger partial charge in [0.25, 0.3) is 11.5 Å². The van der Waals surface area contributed by atoms with E-state index in [1.165, 1.54) is 53.1 Å². The summed E-state index contributed by atoms with van der Waals surface area (Å²) in [5.74, 6) is -1.60. The zero-order chi connectivity index (χ0) is 25.0. The normalized spacial score (nSPS) is 15.7. The first kappa shape index (κ1) is 24.6. The summed E-state index contributed by atoms with van der Waals surface area (Å²) in [6.07, 6.45) is 0.783. The van der Waals surface area contributed by atoms with Crippen LogP contribution in [0.1, 0.15) is 41.3 Å². The maximum atomic E-state index is 13.5. The van der Waals surface area contributed by atoms with Crippen LogP contribution in [0.4, 0.5) is 4.39 Å². The third-order valence-electron chi connectivity index (χ3n) is 5.57. The smallest absolute Gasteiger partial charge is 0.339 e. The van der Waals surface area contributed by atoms with Crippen LogP contribution < -0.4 is 15.1 Å². The van der Waals surface area contributed by atoms with Crippen molar-refractivity contribution in [3.63, 3.8) is 0 Å². The van der Waals surface area contributed by atoms with Crippen molar-refractivity contribution < 1.29 is 26.5 Å². The molecule has 1 atom stereocenters. The minimum Gasteiger partial charge on any atom is -0.379 e. The van der Waals surface area contributed by atoms with Crippen molar-refractivity contribution in [3.8, 4) is 5.75 Å². The van der Waals surface area contributed by atoms with Crippen molar-refractivity contribution >= 4 is 16.0 Å². The van der Waals surface area contributed by atoms with Crippen molar-refractivity contribution in [2.45, 2.75) is 37.2 Å². The Kier molecular flexibility index (Phi) is 7.27. The molecule has 0 fully saturated rings. The van der Waals surface area contributed by atoms with Gasteiger partial charge in [0, 0.05) is 13.0 Å². The van der Waals surface area contributed by atoms with E-state index in [1.54, 1.807) is 6.07 Å². The predicted octanol–water partition coefficient (Wildman–Crippen LogP) is 2.60. The number of nitrogens with zero attached hydrogens (tertiary/aromatic N) is 2. The number of fused-ring (bicyclic) bond motifs is 1. The first-order valence-electron chi connectivity index (χ1n) is 11.1. The first-order chi connectivity index (χ1) is 16.8. The average Bonchev–Trinajstić information content (AvgIpc) is 3.07. The summed E-state index contributed by atoms with van der Waals surface area (Å²) in [6.45, 7) is 2.40. The van der Waals surface area contributed by atoms with E-state index in [4.69, 9.17) is 8.92 Å². The van der Waals surface area contributed by atoms with Gasteiger partial charge in [-0.3, -0.25) is 14.2 Å². The molecule has 35 heavy (non-hydrogen) atoms. The van der Waals surface area contributed by atoms with Crippen molar-refractivity contribution in [2.75, 3.05) is 13.2 Å². The lowest BCUT2D eigenvalue weighted by atomic mass is 10.2. The molecule has 0 bridgehead atoms. The predicted molar refractivity (Wildman–Crippen MR) is 124 cm³/mol. The van der Waals surface area contributed by atoms with Gasteiger partial charge in [0.2, 0.25) is 5.75 Å². The second kappa shape index (κ2) is 10.4. The van der Waals surface area contributed by atoms with E-state index in [1.807, 2.05) is 6.92 Å². The molecular formula is C24H24FN3O6S. The monoisotopic (exact) mass is 501 g/mol. The molecule has 3 aromatic rings. The highest BCUT2D eigenvalue weighted by atomic mass is 32.2. The standard InChI is InChI=1S/C24H24FN3O6S/c1-2-18-15-33-13-12-20-27-21(23(29)26-14-16-8-10-17(25)11-9-16)22(24(30)28(18)20)34-35(31,32)19-6-4-3-5-7-19/h3-11,18H,2,12-15H2,1H3,(H,26,29)/t18-/m0/s1. The first-order valence-corrected chi connectivity index (χ1v) is 12.5. The number of halogens is 1. The third kappa shape index (κ3) is 5.41. The summed E-state index contributed by atoms with van der Waals surface area (Å²) in [5.41, 5.74) is -0.622. The second-order valence-corrected chi connectivity index (χ2v) is 9.47. The molecule has 9 nitrogen and oxygen atoms in total. The van der Waals surface area contributed by atoms with E-state index in [2.05, 4.69) is 10.3 Å². The quantitative estimate of drug-likeness (QED) is 0.495. The van der Waals surface area contributed by atoms with Crippen molar-refractivity contribution in [2.24, 2.45) is 0 Å². The lowest BCUT2D eigenvalue weighted by molar-refractivity contribution is 0.0943. The Bertz CT molecular complexity index is 1370. The highest BCUT2D eigenvalue weighted by Crippen LogP contribution is 2.23. The number of aromatic nitrogens is 2. The maximum absolute atomic E-state index is 13.5. The average molecular weight is 502 g/mol. The van der Waals surface area contributed by atoms with E-state index in [-0.39, 0.29) is 24.5 Å². The minimum absolute atomic E-state index is 0.00474. The molecule has 11 heteroatoms. The molecule has 4 rings (SSSR count). The van der Waals surface area contributed by atoms with Crippen molar-refractivity contribution in [1.29, 1.82) is 0 Å². The van der Waals surface area contributed by atoms with Gasteiger partial charge in [-0.25, -0.2) is 9.37 Å². The van der Waals surface area contributed by atoms with E-state index < -0.39 is 44.9 Å². The Hall–Kier alpha value is -3.57. The van der Waals surface area contributed by atoms with Crippen LogP contribution in [0.2, 0.25) is 0 Å². The van der Waals surface area contributed by atoms with Gasteiger partial charge >= 0.3 is 10.1 Å². The van der Waals surface area contributed by atoms with E-state index in [9.17, 15) is 22.4 Å².